The average molecular weight is 1890 g/mol. The number of para-hydroxylation sites is 12. The number of hydrogen-bond donors (Lipinski definition) is 0. The van der Waals surface area contributed by atoms with Gasteiger partial charge in [-0.2, -0.15) is 0 Å². The summed E-state index contributed by atoms with van der Waals surface area (Å²) in [5, 5.41) is 0. The van der Waals surface area contributed by atoms with Crippen molar-refractivity contribution in [3.05, 3.63) is 497 Å². The van der Waals surface area contributed by atoms with Gasteiger partial charge in [-0.15, -0.1) is 0 Å². The van der Waals surface area contributed by atoms with Gasteiger partial charge < -0.3 is 38.9 Å². The van der Waals surface area contributed by atoms with E-state index in [1.807, 2.05) is 11.8 Å². The zero-order valence-electron chi connectivity index (χ0n) is 80.3. The molecule has 0 amide bonds. The molecule has 0 saturated carbocycles. The lowest BCUT2D eigenvalue weighted by Gasteiger charge is -2.53. The minimum atomic E-state index is 0.0764. The third kappa shape index (κ3) is 11.5. The molecule has 13 aliphatic rings. The second-order valence-electron chi connectivity index (χ2n) is 40.8. The van der Waals surface area contributed by atoms with Crippen molar-refractivity contribution in [1.82, 2.24) is 0 Å². The lowest BCUT2D eigenvalue weighted by atomic mass is 9.25. The average Bonchev–Trinajstić information content (AvgIpc) is 0.653. The number of hydrogen-bond acceptors (Lipinski definition) is 9. The van der Waals surface area contributed by atoms with Gasteiger partial charge in [0.25, 0.3) is 20.1 Å². The highest BCUT2D eigenvalue weighted by atomic mass is 32.2. The summed E-state index contributed by atoms with van der Waals surface area (Å²) in [5.74, 6) is 1.87. The minimum Gasteiger partial charge on any atom is -0.458 e. The van der Waals surface area contributed by atoms with E-state index in [1.54, 1.807) is 0 Å². The monoisotopic (exact) mass is 1890 g/mol. The van der Waals surface area contributed by atoms with Crippen LogP contribution in [0.5, 0.6) is 11.5 Å². The molecule has 0 atom stereocenters. The Kier molecular flexibility index (Phi) is 17.7. The highest BCUT2D eigenvalue weighted by Gasteiger charge is 2.56. The van der Waals surface area contributed by atoms with Crippen LogP contribution in [0.2, 0.25) is 0 Å². The second-order valence-corrected chi connectivity index (χ2v) is 41.9. The summed E-state index contributed by atoms with van der Waals surface area (Å²) in [6.07, 6.45) is 0. The zero-order chi connectivity index (χ0) is 96.3. The molecule has 678 valence electrons. The molecule has 0 radical (unpaired) electrons. The Bertz CT molecular complexity index is 8990. The molecular weight excluding hydrogens is 1810 g/mol. The van der Waals surface area contributed by atoms with Crippen molar-refractivity contribution in [1.29, 1.82) is 0 Å². The number of benzene rings is 22. The Morgan fingerprint density at radius 2 is 0.466 bits per heavy atom. The molecule has 0 fully saturated rings. The Labute approximate surface area is 866 Å². The number of rotatable bonds is 5. The van der Waals surface area contributed by atoms with Crippen LogP contribution in [0, 0.1) is 0 Å². The molecule has 35 rings (SSSR count). The molecule has 13 aliphatic heterocycles. The fraction of sp³-hybridized carbons (Fsp3) is 0. The van der Waals surface area contributed by atoms with Crippen LogP contribution in [0.25, 0.3) is 44.5 Å². The fourth-order valence-electron chi connectivity index (χ4n) is 28.1. The highest BCUT2D eigenvalue weighted by Crippen LogP contribution is 2.55. The first-order valence-corrected chi connectivity index (χ1v) is 52.6. The highest BCUT2D eigenvalue weighted by molar-refractivity contribution is 8.00. The number of anilines is 19. The quantitative estimate of drug-likeness (QED) is 0.157. The van der Waals surface area contributed by atoms with Crippen molar-refractivity contribution in [2.24, 2.45) is 0 Å². The lowest BCUT2D eigenvalue weighted by molar-refractivity contribution is 0.487. The molecule has 0 bridgehead atoms. The van der Waals surface area contributed by atoms with Crippen molar-refractivity contribution in [2.45, 2.75) is 9.79 Å². The number of ether oxygens (including phenoxy) is 1. The molecule has 0 spiro atoms. The van der Waals surface area contributed by atoms with E-state index in [0.29, 0.717) is 0 Å². The van der Waals surface area contributed by atoms with Gasteiger partial charge >= 0.3 is 13.7 Å². The molecule has 16 heteroatoms. The molecule has 0 aliphatic carbocycles. The number of nitrogens with zero attached hydrogens (tertiary/aromatic N) is 7. The van der Waals surface area contributed by atoms with Crippen molar-refractivity contribution in [2.75, 3.05) is 34.1 Å². The van der Waals surface area contributed by atoms with Crippen molar-refractivity contribution in [3.63, 3.8) is 0 Å². The van der Waals surface area contributed by atoms with Gasteiger partial charge in [-0.3, -0.25) is 0 Å². The smallest absolute Gasteiger partial charge is 0.329 e. The molecule has 13 heterocycles. The van der Waals surface area contributed by atoms with Crippen LogP contribution in [-0.4, -0.2) is 47.3 Å². The van der Waals surface area contributed by atoms with Crippen LogP contribution in [0.1, 0.15) is 0 Å². The molecule has 0 unspecified atom stereocenters. The maximum Gasteiger partial charge on any atom is 0.329 e. The van der Waals surface area contributed by atoms with E-state index in [1.165, 1.54) is 260 Å². The topological polar surface area (TPSA) is 31.9 Å². The molecule has 0 aromatic heterocycles. The Balaban J connectivity index is 0.0000000969. The second kappa shape index (κ2) is 31.8. The Morgan fingerprint density at radius 1 is 0.162 bits per heavy atom. The van der Waals surface area contributed by atoms with E-state index < -0.39 is 0 Å². The summed E-state index contributed by atoms with van der Waals surface area (Å²) in [5.41, 5.74) is 59.7. The lowest BCUT2D eigenvalue weighted by Crippen LogP contribution is -2.73. The van der Waals surface area contributed by atoms with Gasteiger partial charge in [-0.1, -0.05) is 375 Å². The first-order valence-electron chi connectivity index (χ1n) is 51.8. The predicted octanol–water partition coefficient (Wildman–Crippen LogP) is 19.6. The summed E-state index contributed by atoms with van der Waals surface area (Å²) in [6, 6.07) is 185. The summed E-state index contributed by atoms with van der Waals surface area (Å²) >= 11 is 1.90. The summed E-state index contributed by atoms with van der Waals surface area (Å²) < 4.78 is 6.55. The summed E-state index contributed by atoms with van der Waals surface area (Å²) in [7, 11) is 0. The van der Waals surface area contributed by atoms with E-state index in [4.69, 9.17) is 4.74 Å². The standard InChI is InChI=1S/C48H30B3N3.C42H26B2N2O.C42H26B2N2S/c1-4-15-31(16-5-1)49-38-27-29-42-44-47(38)54-46-36(50(44)34-21-10-12-25-40(34)52(42)32-17-6-2-7-18-32)23-14-24-37(46)51-35-22-11-13-26-41(35)53(33-19-8-3-9-20-33)43-30-28-39(49)48(54)45(43)51;2*1-4-15-32-28(12-1)29-13-2-7-18-36(29)46-37-19-8-3-14-30(37)31-26-27(24-25-33(31)44(32)46)45-38-20-9-5-16-34(38)43-35-17-6-10-22-40(35)47-41-23-11-21-39(45)42(41)43/h1-30H;2*1-26H. The maximum absolute atomic E-state index is 6.55. The van der Waals surface area contributed by atoms with Gasteiger partial charge in [0, 0.05) is 140 Å². The minimum absolute atomic E-state index is 0.0764. The normalized spacial score (nSPS) is 14.2. The summed E-state index contributed by atoms with van der Waals surface area (Å²) in [4.78, 5) is 20.5. The van der Waals surface area contributed by atoms with Crippen molar-refractivity contribution in [3.8, 4) is 56.0 Å². The molecule has 148 heavy (non-hydrogen) atoms. The molecular formula is C132H82B7N7OS. The maximum atomic E-state index is 6.55. The first-order chi connectivity index (χ1) is 73.6. The van der Waals surface area contributed by atoms with E-state index in [0.717, 1.165) is 17.2 Å². The van der Waals surface area contributed by atoms with Crippen LogP contribution in [-0.2, 0) is 0 Å². The molecule has 22 aromatic rings. The zero-order valence-corrected chi connectivity index (χ0v) is 81.1. The van der Waals surface area contributed by atoms with Crippen LogP contribution in [0.3, 0.4) is 0 Å². The summed E-state index contributed by atoms with van der Waals surface area (Å²) in [6.45, 7) is 0.782. The van der Waals surface area contributed by atoms with Crippen LogP contribution >= 0.6 is 11.8 Å². The van der Waals surface area contributed by atoms with Crippen LogP contribution in [0.4, 0.5) is 108 Å². The molecule has 0 saturated heterocycles. The van der Waals surface area contributed by atoms with Gasteiger partial charge in [-0.25, -0.2) is 0 Å². The van der Waals surface area contributed by atoms with Crippen LogP contribution in [0.15, 0.2) is 507 Å². The van der Waals surface area contributed by atoms with Crippen molar-refractivity contribution < 1.29 is 4.74 Å². The first kappa shape index (κ1) is 82.5. The van der Waals surface area contributed by atoms with Crippen LogP contribution < -0.4 is 143 Å². The van der Waals surface area contributed by atoms with Gasteiger partial charge in [-0.05, 0) is 261 Å². The van der Waals surface area contributed by atoms with Gasteiger partial charge in [0.15, 0.2) is 0 Å². The van der Waals surface area contributed by atoms with E-state index in [9.17, 15) is 0 Å². The van der Waals surface area contributed by atoms with E-state index >= 15 is 0 Å². The predicted molar refractivity (Wildman–Crippen MR) is 628 cm³/mol. The molecule has 22 aromatic carbocycles. The molecule has 0 N–H and O–H groups in total. The van der Waals surface area contributed by atoms with Gasteiger partial charge in [0.05, 0.1) is 0 Å². The third-order valence-electron chi connectivity index (χ3n) is 33.7. The van der Waals surface area contributed by atoms with E-state index in [-0.39, 0.29) is 47.3 Å². The largest absolute Gasteiger partial charge is 0.458 e. The van der Waals surface area contributed by atoms with Crippen molar-refractivity contribution >= 4 is 271 Å². The Morgan fingerprint density at radius 3 is 0.946 bits per heavy atom. The SMILES string of the molecule is c1ccc(B2c3ccc4c5c3N3c6c(cccc6B6c7ccccc7N(c7ccccc7)c7ccc2c3c76)B5c2ccccc2N4c2ccccc2)cc1.c1ccc2c(c1)Oc1cccc3c1B2c1ccccc1N3c1ccc2c(c1)-c1ccccc1N1B2c2ccccc2-c2ccccc21.c1ccc2c(c1)Sc1cccc3c1B2c1ccccc1N3c1ccc2c(c1)-c1ccccc1N1B2c2ccccc2-c2ccccc21. The van der Waals surface area contributed by atoms with E-state index in [2.05, 4.69) is 532 Å². The Hall–Kier alpha value is -18.0. The third-order valence-corrected chi connectivity index (χ3v) is 34.9. The number of fused-ring (bicyclic) bond motifs is 36. The molecule has 8 nitrogen and oxygen atoms in total. The van der Waals surface area contributed by atoms with Gasteiger partial charge in [0.1, 0.15) is 11.5 Å². The fourth-order valence-corrected chi connectivity index (χ4v) is 29.3. The van der Waals surface area contributed by atoms with Gasteiger partial charge in [0.2, 0.25) is 13.4 Å².